The highest BCUT2D eigenvalue weighted by Gasteiger charge is 2.65. The third-order valence-electron chi connectivity index (χ3n) is 4.76. The van der Waals surface area contributed by atoms with Gasteiger partial charge in [0.15, 0.2) is 6.04 Å². The second-order valence-electron chi connectivity index (χ2n) is 7.07. The summed E-state index contributed by atoms with van der Waals surface area (Å²) in [5, 5.41) is 11.4. The highest BCUT2D eigenvalue weighted by Crippen LogP contribution is 3.02. The molecule has 1 atom stereocenters. The molecule has 0 saturated carbocycles. The number of hydrogen-bond donors (Lipinski definition) is 1. The predicted molar refractivity (Wildman–Crippen MR) is 101 cm³/mol. The predicted octanol–water partition coefficient (Wildman–Crippen LogP) is 4.35. The van der Waals surface area contributed by atoms with Gasteiger partial charge in [0.1, 0.15) is 4.90 Å². The van der Waals surface area contributed by atoms with Crippen LogP contribution in [-0.4, -0.2) is 43.9 Å². The summed E-state index contributed by atoms with van der Waals surface area (Å²) < 4.78 is 74.6. The van der Waals surface area contributed by atoms with Gasteiger partial charge in [0, 0.05) is 18.1 Å². The first kappa shape index (κ1) is 23.9. The van der Waals surface area contributed by atoms with Gasteiger partial charge in [-0.15, -0.1) is 0 Å². The molecule has 0 spiro atoms. The lowest BCUT2D eigenvalue weighted by Gasteiger charge is -2.47. The number of methoxy groups -OCH3 is 1. The van der Waals surface area contributed by atoms with Gasteiger partial charge in [0.2, 0.25) is 0 Å². The Balaban J connectivity index is 2.28. The molecule has 13 heteroatoms. The van der Waals surface area contributed by atoms with E-state index >= 15 is 0 Å². The Morgan fingerprint density at radius 3 is 2.23 bits per heavy atom. The maximum Gasteiger partial charge on any atom is 0.331 e. The van der Waals surface area contributed by atoms with Gasteiger partial charge in [-0.3, -0.25) is 4.79 Å². The van der Waals surface area contributed by atoms with Gasteiger partial charge in [0.05, 0.1) is 12.7 Å². The fraction of sp³-hybridized carbons (Fsp3) is 0.471. The highest BCUT2D eigenvalue weighted by molar-refractivity contribution is 8.45. The zero-order valence-electron chi connectivity index (χ0n) is 16.2. The Bertz CT molecular complexity index is 868. The van der Waals surface area contributed by atoms with Crippen LogP contribution in [0.2, 0.25) is 12.6 Å². The quantitative estimate of drug-likeness (QED) is 0.359. The van der Waals surface area contributed by atoms with E-state index in [2.05, 4.69) is 5.32 Å². The van der Waals surface area contributed by atoms with Gasteiger partial charge in [-0.25, -0.2) is 10.1 Å². The van der Waals surface area contributed by atoms with E-state index in [1.165, 1.54) is 0 Å². The number of nitrogens with one attached hydrogen (secondary N) is 1. The summed E-state index contributed by atoms with van der Waals surface area (Å²) in [4.78, 5) is 22.7. The second-order valence-corrected chi connectivity index (χ2v) is 9.48. The van der Waals surface area contributed by atoms with Crippen molar-refractivity contribution in [1.29, 1.82) is 5.26 Å². The van der Waals surface area contributed by atoms with Gasteiger partial charge in [-0.2, -0.15) is 0 Å². The van der Waals surface area contributed by atoms with E-state index in [0.717, 1.165) is 7.11 Å². The average molecular weight is 454 g/mol. The molecule has 0 aliphatic carbocycles. The van der Waals surface area contributed by atoms with E-state index in [9.17, 15) is 29.0 Å². The van der Waals surface area contributed by atoms with Crippen LogP contribution in [0.15, 0.2) is 29.2 Å². The molecule has 1 N–H and O–H groups in total. The molecule has 0 bridgehead atoms. The highest BCUT2D eigenvalue weighted by atomic mass is 32.5. The number of carbonyl (C=O) groups is 2. The average Bonchev–Trinajstić information content (AvgIpc) is 2.63. The maximum absolute atomic E-state index is 12.8. The summed E-state index contributed by atoms with van der Waals surface area (Å²) in [6.07, 6.45) is 0.885. The number of nitrogens with zero attached hydrogens (tertiary/aromatic N) is 1. The zero-order valence-corrected chi connectivity index (χ0v) is 17.0. The van der Waals surface area contributed by atoms with Crippen molar-refractivity contribution in [3.8, 4) is 5.97 Å². The van der Waals surface area contributed by atoms with Crippen molar-refractivity contribution in [2.45, 2.75) is 42.5 Å². The second kappa shape index (κ2) is 7.42. The van der Waals surface area contributed by atoms with Gasteiger partial charge in [-0.05, 0) is 43.3 Å². The summed E-state index contributed by atoms with van der Waals surface area (Å²) in [6, 6.07) is 0.0794. The number of benzene rings is 1. The van der Waals surface area contributed by atoms with Crippen molar-refractivity contribution >= 4 is 28.8 Å². The van der Waals surface area contributed by atoms with Crippen LogP contribution < -0.4 is 5.32 Å². The molecule has 6 nitrogen and oxygen atoms in total. The minimum absolute atomic E-state index is 0.113. The Morgan fingerprint density at radius 1 is 1.23 bits per heavy atom. The number of rotatable bonds is 8. The largest absolute Gasteiger partial charge is 0.467 e. The standard InChI is InChI=1S/C17H20BF5N2O4S/c1-3-8-29-17(9-18(10-17)11-24)14(16(27)28-2)25-15(26)12-4-6-13(7-5-12)30(19,20,21,22)23/h4-7,14H,3,8-10H2,1-2H3,(H,25,26). The molecule has 1 amide bonds. The molecule has 2 rings (SSSR count). The molecule has 30 heavy (non-hydrogen) atoms. The SMILES string of the molecule is CCCOC1(C(NC(=O)c2ccc(S(F)(F)(F)(F)F)cc2)C(=O)OC)CB(C#N)C1. The van der Waals surface area contributed by atoms with Gasteiger partial charge in [-0.1, -0.05) is 26.4 Å². The van der Waals surface area contributed by atoms with Crippen LogP contribution in [0.25, 0.3) is 0 Å². The third-order valence-corrected chi connectivity index (χ3v) is 5.92. The van der Waals surface area contributed by atoms with Gasteiger partial charge >= 0.3 is 16.2 Å². The van der Waals surface area contributed by atoms with Crippen LogP contribution in [0.5, 0.6) is 0 Å². The molecule has 1 aliphatic rings. The fourth-order valence-electron chi connectivity index (χ4n) is 3.21. The van der Waals surface area contributed by atoms with Gasteiger partial charge in [0.25, 0.3) is 12.6 Å². The molecule has 1 saturated heterocycles. The van der Waals surface area contributed by atoms with Crippen LogP contribution >= 0.6 is 10.2 Å². The van der Waals surface area contributed by atoms with Crippen molar-refractivity contribution in [2.75, 3.05) is 13.7 Å². The first-order chi connectivity index (χ1) is 13.7. The number of ether oxygens (including phenoxy) is 2. The lowest BCUT2D eigenvalue weighted by Crippen LogP contribution is -2.66. The van der Waals surface area contributed by atoms with Crippen LogP contribution in [-0.2, 0) is 14.3 Å². The summed E-state index contributed by atoms with van der Waals surface area (Å²) in [5.74, 6) is 0.203. The molecule has 1 aromatic carbocycles. The lowest BCUT2D eigenvalue weighted by molar-refractivity contribution is -0.153. The molecule has 1 heterocycles. The Labute approximate surface area is 170 Å². The lowest BCUT2D eigenvalue weighted by atomic mass is 9.30. The Morgan fingerprint density at radius 2 is 1.80 bits per heavy atom. The van der Waals surface area contributed by atoms with E-state index in [4.69, 9.17) is 14.7 Å². The number of esters is 1. The summed E-state index contributed by atoms with van der Waals surface area (Å²) in [6.45, 7) is 1.66. The zero-order chi connectivity index (χ0) is 22.9. The van der Waals surface area contributed by atoms with Crippen molar-refractivity contribution in [3.63, 3.8) is 0 Å². The molecule has 166 valence electrons. The van der Waals surface area contributed by atoms with Crippen LogP contribution in [0.3, 0.4) is 0 Å². The number of nitriles is 1. The van der Waals surface area contributed by atoms with Crippen molar-refractivity contribution < 1.29 is 38.5 Å². The molecular formula is C17H20BF5N2O4S. The third kappa shape index (κ3) is 5.23. The van der Waals surface area contributed by atoms with Gasteiger partial charge < -0.3 is 14.8 Å². The number of halogens is 5. The summed E-state index contributed by atoms with van der Waals surface area (Å²) >= 11 is 0. The fourth-order valence-corrected chi connectivity index (χ4v) is 3.86. The van der Waals surface area contributed by atoms with Crippen LogP contribution in [0.1, 0.15) is 23.7 Å². The molecule has 1 unspecified atom stereocenters. The maximum atomic E-state index is 12.8. The molecule has 1 aliphatic heterocycles. The Hall–Kier alpha value is -2.33. The smallest absolute Gasteiger partial charge is 0.331 e. The molecule has 1 fully saturated rings. The number of hydrogen-bond acceptors (Lipinski definition) is 5. The molecule has 1 aromatic rings. The number of carbonyl (C=O) groups excluding carboxylic acids is 2. The molecular weight excluding hydrogens is 434 g/mol. The van der Waals surface area contributed by atoms with E-state index in [0.29, 0.717) is 18.6 Å². The van der Waals surface area contributed by atoms with Crippen LogP contribution in [0, 0.1) is 11.2 Å². The summed E-state index contributed by atoms with van der Waals surface area (Å²) in [7, 11) is -8.79. The topological polar surface area (TPSA) is 88.4 Å². The Kier molecular flexibility index (Phi) is 5.92. The van der Waals surface area contributed by atoms with E-state index in [1.54, 1.807) is 0 Å². The molecule has 0 radical (unpaired) electrons. The minimum Gasteiger partial charge on any atom is -0.467 e. The number of amides is 1. The van der Waals surface area contributed by atoms with Crippen molar-refractivity contribution in [1.82, 2.24) is 5.32 Å². The molecule has 0 aromatic heterocycles. The van der Waals surface area contributed by atoms with E-state index in [-0.39, 0.29) is 36.9 Å². The minimum atomic E-state index is -9.87. The summed E-state index contributed by atoms with van der Waals surface area (Å²) in [5.41, 5.74) is -1.57. The van der Waals surface area contributed by atoms with Crippen molar-refractivity contribution in [2.24, 2.45) is 0 Å². The first-order valence-corrected chi connectivity index (χ1v) is 10.9. The monoisotopic (exact) mass is 454 g/mol. The first-order valence-electron chi connectivity index (χ1n) is 8.92. The van der Waals surface area contributed by atoms with E-state index in [1.807, 2.05) is 12.9 Å². The normalized spacial score (nSPS) is 18.8. The van der Waals surface area contributed by atoms with E-state index < -0.39 is 45.4 Å². The van der Waals surface area contributed by atoms with Crippen LogP contribution in [0.4, 0.5) is 19.4 Å². The van der Waals surface area contributed by atoms with Crippen molar-refractivity contribution in [3.05, 3.63) is 29.8 Å².